The Labute approximate surface area is 113 Å². The molecule has 0 atom stereocenters. The number of rotatable bonds is 8. The average molecular weight is 269 g/mol. The van der Waals surface area contributed by atoms with E-state index in [1.165, 1.54) is 0 Å². The molecular formula is C13H19NO3S. The van der Waals surface area contributed by atoms with Crippen LogP contribution in [0.2, 0.25) is 0 Å². The van der Waals surface area contributed by atoms with Gasteiger partial charge in [0.1, 0.15) is 10.7 Å². The number of ether oxygens (including phenoxy) is 3. The van der Waals surface area contributed by atoms with E-state index in [2.05, 4.69) is 0 Å². The van der Waals surface area contributed by atoms with Gasteiger partial charge in [-0.25, -0.2) is 0 Å². The van der Waals surface area contributed by atoms with Crippen LogP contribution in [0, 0.1) is 0 Å². The molecule has 18 heavy (non-hydrogen) atoms. The predicted octanol–water partition coefficient (Wildman–Crippen LogP) is 1.88. The van der Waals surface area contributed by atoms with Crippen LogP contribution >= 0.6 is 12.2 Å². The fraction of sp³-hybridized carbons (Fsp3) is 0.462. The summed E-state index contributed by atoms with van der Waals surface area (Å²) in [7, 11) is 1.59. The second-order valence-corrected chi connectivity index (χ2v) is 4.09. The van der Waals surface area contributed by atoms with Gasteiger partial charge < -0.3 is 19.9 Å². The number of hydrogen-bond donors (Lipinski definition) is 1. The molecule has 0 amide bonds. The van der Waals surface area contributed by atoms with Crippen molar-refractivity contribution < 1.29 is 14.2 Å². The van der Waals surface area contributed by atoms with E-state index in [-0.39, 0.29) is 0 Å². The van der Waals surface area contributed by atoms with Crippen LogP contribution in [-0.4, -0.2) is 31.9 Å². The Kier molecular flexibility index (Phi) is 6.64. The number of thiocarbonyl (C=S) groups is 1. The molecule has 1 rings (SSSR count). The molecule has 0 radical (unpaired) electrons. The van der Waals surface area contributed by atoms with Gasteiger partial charge in [0.25, 0.3) is 0 Å². The smallest absolute Gasteiger partial charge is 0.129 e. The molecular weight excluding hydrogens is 250 g/mol. The minimum Gasteiger partial charge on any atom is -0.496 e. The third kappa shape index (κ3) is 4.60. The van der Waals surface area contributed by atoms with Crippen molar-refractivity contribution in [2.45, 2.75) is 13.5 Å². The molecule has 0 bridgehead atoms. The van der Waals surface area contributed by atoms with E-state index in [1.807, 2.05) is 25.1 Å². The van der Waals surface area contributed by atoms with Crippen LogP contribution in [0.3, 0.4) is 0 Å². The summed E-state index contributed by atoms with van der Waals surface area (Å²) in [6, 6.07) is 5.67. The summed E-state index contributed by atoms with van der Waals surface area (Å²) in [5.41, 5.74) is 7.39. The molecule has 0 aromatic heterocycles. The van der Waals surface area contributed by atoms with Crippen LogP contribution in [-0.2, 0) is 16.1 Å². The van der Waals surface area contributed by atoms with Crippen LogP contribution in [0.4, 0.5) is 0 Å². The molecule has 0 spiro atoms. The first kappa shape index (κ1) is 14.9. The zero-order valence-corrected chi connectivity index (χ0v) is 11.6. The Morgan fingerprint density at radius 3 is 2.61 bits per heavy atom. The minimum atomic E-state index is 0.322. The van der Waals surface area contributed by atoms with Gasteiger partial charge in [-0.1, -0.05) is 18.3 Å². The molecule has 0 fully saturated rings. The number of nitrogens with two attached hydrogens (primary N) is 1. The fourth-order valence-corrected chi connectivity index (χ4v) is 1.65. The first-order valence-corrected chi connectivity index (χ1v) is 6.22. The molecule has 0 heterocycles. The number of methoxy groups -OCH3 is 1. The second kappa shape index (κ2) is 8.02. The maximum Gasteiger partial charge on any atom is 0.129 e. The molecule has 1 aromatic rings. The van der Waals surface area contributed by atoms with E-state index in [4.69, 9.17) is 32.2 Å². The van der Waals surface area contributed by atoms with E-state index in [1.54, 1.807) is 7.11 Å². The Morgan fingerprint density at radius 1 is 1.28 bits per heavy atom. The van der Waals surface area contributed by atoms with E-state index in [9.17, 15) is 0 Å². The van der Waals surface area contributed by atoms with E-state index in [0.717, 1.165) is 11.1 Å². The molecule has 4 nitrogen and oxygen atoms in total. The van der Waals surface area contributed by atoms with Crippen molar-refractivity contribution in [3.63, 3.8) is 0 Å². The summed E-state index contributed by atoms with van der Waals surface area (Å²) in [6.45, 7) is 4.35. The van der Waals surface area contributed by atoms with E-state index >= 15 is 0 Å². The third-order valence-electron chi connectivity index (χ3n) is 2.37. The van der Waals surface area contributed by atoms with Crippen LogP contribution in [0.25, 0.3) is 0 Å². The van der Waals surface area contributed by atoms with Gasteiger partial charge >= 0.3 is 0 Å². The van der Waals surface area contributed by atoms with Crippen molar-refractivity contribution in [2.75, 3.05) is 26.9 Å². The number of hydrogen-bond acceptors (Lipinski definition) is 4. The summed E-state index contributed by atoms with van der Waals surface area (Å²) >= 11 is 4.98. The summed E-state index contributed by atoms with van der Waals surface area (Å²) in [4.78, 5) is 0.322. The molecule has 0 aliphatic carbocycles. The standard InChI is InChI=1S/C13H19NO3S/c1-3-16-6-7-17-9-10-4-5-12(15-2)11(8-10)13(14)18/h4-5,8H,3,6-7,9H2,1-2H3,(H2,14,18). The lowest BCUT2D eigenvalue weighted by molar-refractivity contribution is 0.0453. The first-order chi connectivity index (χ1) is 8.69. The number of benzene rings is 1. The van der Waals surface area contributed by atoms with E-state index in [0.29, 0.717) is 37.2 Å². The lowest BCUT2D eigenvalue weighted by Crippen LogP contribution is -2.12. The monoisotopic (exact) mass is 269 g/mol. The van der Waals surface area contributed by atoms with Crippen LogP contribution in [0.1, 0.15) is 18.1 Å². The van der Waals surface area contributed by atoms with Crippen molar-refractivity contribution in [3.8, 4) is 5.75 Å². The quantitative estimate of drug-likeness (QED) is 0.577. The van der Waals surface area contributed by atoms with Gasteiger partial charge in [0.15, 0.2) is 0 Å². The Bertz CT molecular complexity index is 396. The molecule has 0 unspecified atom stereocenters. The molecule has 1 aromatic carbocycles. The summed E-state index contributed by atoms with van der Waals surface area (Å²) in [5, 5.41) is 0. The summed E-state index contributed by atoms with van der Waals surface area (Å²) in [5.74, 6) is 0.681. The molecule has 0 aliphatic rings. The topological polar surface area (TPSA) is 53.7 Å². The highest BCUT2D eigenvalue weighted by Crippen LogP contribution is 2.20. The lowest BCUT2D eigenvalue weighted by atomic mass is 10.1. The Hall–Kier alpha value is -1.17. The van der Waals surface area contributed by atoms with Crippen molar-refractivity contribution >= 4 is 17.2 Å². The average Bonchev–Trinajstić information content (AvgIpc) is 2.38. The summed E-state index contributed by atoms with van der Waals surface area (Å²) < 4.78 is 15.9. The maximum atomic E-state index is 5.64. The Morgan fingerprint density at radius 2 is 2.00 bits per heavy atom. The van der Waals surface area contributed by atoms with Crippen molar-refractivity contribution in [3.05, 3.63) is 29.3 Å². The first-order valence-electron chi connectivity index (χ1n) is 5.81. The van der Waals surface area contributed by atoms with Gasteiger partial charge in [0.05, 0.1) is 32.5 Å². The molecule has 0 aliphatic heterocycles. The lowest BCUT2D eigenvalue weighted by Gasteiger charge is -2.10. The third-order valence-corrected chi connectivity index (χ3v) is 2.59. The predicted molar refractivity (Wildman–Crippen MR) is 75.0 cm³/mol. The Balaban J connectivity index is 2.56. The molecule has 0 saturated heterocycles. The molecule has 2 N–H and O–H groups in total. The zero-order valence-electron chi connectivity index (χ0n) is 10.8. The minimum absolute atomic E-state index is 0.322. The van der Waals surface area contributed by atoms with E-state index < -0.39 is 0 Å². The normalized spacial score (nSPS) is 10.3. The van der Waals surface area contributed by atoms with Crippen molar-refractivity contribution in [1.82, 2.24) is 0 Å². The van der Waals surface area contributed by atoms with Crippen molar-refractivity contribution in [1.29, 1.82) is 0 Å². The maximum absolute atomic E-state index is 5.64. The molecule has 100 valence electrons. The fourth-order valence-electron chi connectivity index (χ4n) is 1.49. The van der Waals surface area contributed by atoms with Crippen LogP contribution in [0.5, 0.6) is 5.75 Å². The van der Waals surface area contributed by atoms with Gasteiger partial charge in [-0.05, 0) is 24.6 Å². The van der Waals surface area contributed by atoms with Gasteiger partial charge in [-0.2, -0.15) is 0 Å². The SMILES string of the molecule is CCOCCOCc1ccc(OC)c(C(N)=S)c1. The highest BCUT2D eigenvalue weighted by atomic mass is 32.1. The van der Waals surface area contributed by atoms with Crippen LogP contribution < -0.4 is 10.5 Å². The van der Waals surface area contributed by atoms with Crippen LogP contribution in [0.15, 0.2) is 18.2 Å². The van der Waals surface area contributed by atoms with Gasteiger partial charge in [-0.3, -0.25) is 0 Å². The van der Waals surface area contributed by atoms with Gasteiger partial charge in [0, 0.05) is 6.61 Å². The summed E-state index contributed by atoms with van der Waals surface area (Å²) in [6.07, 6.45) is 0. The van der Waals surface area contributed by atoms with Gasteiger partial charge in [-0.15, -0.1) is 0 Å². The largest absolute Gasteiger partial charge is 0.496 e. The highest BCUT2D eigenvalue weighted by Gasteiger charge is 2.06. The zero-order chi connectivity index (χ0) is 13.4. The van der Waals surface area contributed by atoms with Gasteiger partial charge in [0.2, 0.25) is 0 Å². The second-order valence-electron chi connectivity index (χ2n) is 3.65. The molecule has 0 saturated carbocycles. The van der Waals surface area contributed by atoms with Crippen molar-refractivity contribution in [2.24, 2.45) is 5.73 Å². The molecule has 5 heteroatoms. The highest BCUT2D eigenvalue weighted by molar-refractivity contribution is 7.80.